The maximum Gasteiger partial charge on any atom is 0.419 e. The Morgan fingerprint density at radius 2 is 1.68 bits per heavy atom. The average Bonchev–Trinajstić information content (AvgIpc) is 3.16. The Kier molecular flexibility index (Phi) is 6.45. The summed E-state index contributed by atoms with van der Waals surface area (Å²) in [6.45, 7) is 0. The third kappa shape index (κ3) is 5.03. The number of alkyl halides is 6. The molecule has 0 saturated carbocycles. The Morgan fingerprint density at radius 3 is 2.18 bits per heavy atom. The predicted octanol–water partition coefficient (Wildman–Crippen LogP) is 3.91. The zero-order chi connectivity index (χ0) is 25.6. The van der Waals surface area contributed by atoms with Crippen molar-refractivity contribution < 1.29 is 39.6 Å². The van der Waals surface area contributed by atoms with Gasteiger partial charge in [-0.2, -0.15) is 31.4 Å². The second-order valence-corrected chi connectivity index (χ2v) is 8.87. The molecule has 1 aromatic heterocycles. The van der Waals surface area contributed by atoms with E-state index < -0.39 is 72.6 Å². The maximum absolute atomic E-state index is 13.8. The van der Waals surface area contributed by atoms with Crippen LogP contribution in [-0.4, -0.2) is 24.1 Å². The predicted molar refractivity (Wildman–Crippen MR) is 108 cm³/mol. The van der Waals surface area contributed by atoms with Crippen molar-refractivity contribution in [3.63, 3.8) is 0 Å². The van der Waals surface area contributed by atoms with Crippen molar-refractivity contribution >= 4 is 27.5 Å². The highest BCUT2D eigenvalue weighted by molar-refractivity contribution is 7.89. The first kappa shape index (κ1) is 25.5. The number of sulfonamides is 1. The molecule has 3 rings (SSSR count). The van der Waals surface area contributed by atoms with Gasteiger partial charge >= 0.3 is 12.4 Å². The normalized spacial score (nSPS) is 12.7. The van der Waals surface area contributed by atoms with Crippen LogP contribution in [0.5, 0.6) is 0 Å². The first-order valence-electron chi connectivity index (χ1n) is 8.97. The number of hydrogen-bond donors (Lipinski definition) is 2. The van der Waals surface area contributed by atoms with Crippen LogP contribution < -0.4 is 10.9 Å². The Balaban J connectivity index is 2.53. The van der Waals surface area contributed by atoms with Crippen LogP contribution in [0.1, 0.15) is 16.7 Å². The topological polar surface area (TPSA) is 121 Å². The molecule has 15 heteroatoms. The van der Waals surface area contributed by atoms with Gasteiger partial charge in [0.15, 0.2) is 0 Å². The lowest BCUT2D eigenvalue weighted by Crippen LogP contribution is -2.21. The molecule has 2 aromatic carbocycles. The largest absolute Gasteiger partial charge is 0.419 e. The number of carbonyl (C=O) groups excluding carboxylic acids is 1. The standard InChI is InChI=1S/C19H13ClF6N4O3S/c20-12-3-1-2-11(19(24,25)26)16(12)15-9(6-14(27)31)4-5-13(17(15)34(28,32)33)30-8-10(7-29-30)18(21,22)23/h1-5,7-8H,6H2,(H2,27,31)(H2,28,32,33). The van der Waals surface area contributed by atoms with Crippen molar-refractivity contribution in [2.75, 3.05) is 0 Å². The molecule has 182 valence electrons. The molecule has 0 aliphatic heterocycles. The molecule has 0 fully saturated rings. The molecule has 7 nitrogen and oxygen atoms in total. The second kappa shape index (κ2) is 8.60. The number of primary sulfonamides is 1. The second-order valence-electron chi connectivity index (χ2n) is 6.97. The number of nitrogens with zero attached hydrogens (tertiary/aromatic N) is 2. The monoisotopic (exact) mass is 526 g/mol. The number of primary amides is 1. The van der Waals surface area contributed by atoms with E-state index in [9.17, 15) is 39.6 Å². The highest BCUT2D eigenvalue weighted by Crippen LogP contribution is 2.45. The Morgan fingerprint density at radius 1 is 1.03 bits per heavy atom. The van der Waals surface area contributed by atoms with E-state index in [1.807, 2.05) is 0 Å². The SMILES string of the molecule is NC(=O)Cc1ccc(-n2cc(C(F)(F)F)cn2)c(S(N)(=O)=O)c1-c1c(Cl)cccc1C(F)(F)F. The number of rotatable bonds is 5. The van der Waals surface area contributed by atoms with E-state index in [1.165, 1.54) is 0 Å². The summed E-state index contributed by atoms with van der Waals surface area (Å²) in [4.78, 5) is 10.6. The number of halogens is 7. The first-order chi connectivity index (χ1) is 15.5. The average molecular weight is 527 g/mol. The molecule has 0 aliphatic rings. The number of hydrogen-bond acceptors (Lipinski definition) is 4. The molecule has 4 N–H and O–H groups in total. The van der Waals surface area contributed by atoms with Crippen LogP contribution in [0.2, 0.25) is 5.02 Å². The van der Waals surface area contributed by atoms with Gasteiger partial charge in [0.05, 0.1) is 29.4 Å². The van der Waals surface area contributed by atoms with Crippen LogP contribution in [-0.2, 0) is 33.6 Å². The van der Waals surface area contributed by atoms with Gasteiger partial charge < -0.3 is 5.73 Å². The van der Waals surface area contributed by atoms with Crippen LogP contribution in [0.3, 0.4) is 0 Å². The Labute approximate surface area is 193 Å². The molecular weight excluding hydrogens is 514 g/mol. The van der Waals surface area contributed by atoms with Gasteiger partial charge in [-0.15, -0.1) is 0 Å². The van der Waals surface area contributed by atoms with Crippen LogP contribution in [0, 0.1) is 0 Å². The summed E-state index contributed by atoms with van der Waals surface area (Å²) < 4.78 is 106. The van der Waals surface area contributed by atoms with Crippen molar-refractivity contribution in [3.05, 3.63) is 64.4 Å². The molecule has 0 radical (unpaired) electrons. The summed E-state index contributed by atoms with van der Waals surface area (Å²) >= 11 is 6.04. The van der Waals surface area contributed by atoms with Gasteiger partial charge in [0.2, 0.25) is 15.9 Å². The molecule has 0 unspecified atom stereocenters. The number of benzene rings is 2. The molecule has 34 heavy (non-hydrogen) atoms. The van der Waals surface area contributed by atoms with E-state index in [2.05, 4.69) is 5.10 Å². The first-order valence-corrected chi connectivity index (χ1v) is 10.9. The third-order valence-electron chi connectivity index (χ3n) is 4.60. The number of nitrogens with two attached hydrogens (primary N) is 2. The van der Waals surface area contributed by atoms with E-state index in [-0.39, 0.29) is 5.56 Å². The molecule has 1 amide bonds. The molecule has 3 aromatic rings. The molecular formula is C19H13ClF6N4O3S. The molecule has 0 spiro atoms. The molecule has 1 heterocycles. The minimum Gasteiger partial charge on any atom is -0.369 e. The molecule has 0 bridgehead atoms. The lowest BCUT2D eigenvalue weighted by molar-refractivity contribution is -0.138. The summed E-state index contributed by atoms with van der Waals surface area (Å²) in [5.41, 5.74) is 0.0576. The van der Waals surface area contributed by atoms with E-state index in [0.717, 1.165) is 24.3 Å². The van der Waals surface area contributed by atoms with Gasteiger partial charge in [-0.1, -0.05) is 23.7 Å². The summed E-state index contributed by atoms with van der Waals surface area (Å²) in [6.07, 6.45) is -9.79. The van der Waals surface area contributed by atoms with Crippen molar-refractivity contribution in [2.45, 2.75) is 23.7 Å². The summed E-state index contributed by atoms with van der Waals surface area (Å²) in [5, 5.41) is 8.22. The van der Waals surface area contributed by atoms with E-state index in [1.54, 1.807) is 0 Å². The van der Waals surface area contributed by atoms with Crippen LogP contribution in [0.15, 0.2) is 47.6 Å². The third-order valence-corrected chi connectivity index (χ3v) is 5.90. The summed E-state index contributed by atoms with van der Waals surface area (Å²) in [5.74, 6) is -1.03. The van der Waals surface area contributed by atoms with Gasteiger partial charge in [-0.05, 0) is 23.8 Å². The van der Waals surface area contributed by atoms with E-state index in [0.29, 0.717) is 23.1 Å². The zero-order valence-electron chi connectivity index (χ0n) is 16.6. The van der Waals surface area contributed by atoms with Gasteiger partial charge in [0.25, 0.3) is 0 Å². The number of amides is 1. The minimum absolute atomic E-state index is 0.304. The fourth-order valence-electron chi connectivity index (χ4n) is 3.31. The Hall–Kier alpha value is -3.10. The number of aromatic nitrogens is 2. The maximum atomic E-state index is 13.8. The Bertz CT molecular complexity index is 1380. The molecule has 0 aliphatic carbocycles. The smallest absolute Gasteiger partial charge is 0.369 e. The lowest BCUT2D eigenvalue weighted by atomic mass is 9.92. The highest BCUT2D eigenvalue weighted by Gasteiger charge is 2.38. The minimum atomic E-state index is -5.04. The van der Waals surface area contributed by atoms with Gasteiger partial charge in [0, 0.05) is 22.3 Å². The van der Waals surface area contributed by atoms with Gasteiger partial charge in [-0.25, -0.2) is 18.2 Å². The van der Waals surface area contributed by atoms with Crippen LogP contribution in [0.4, 0.5) is 26.3 Å². The van der Waals surface area contributed by atoms with Gasteiger partial charge in [-0.3, -0.25) is 4.79 Å². The quantitative estimate of drug-likeness (QED) is 0.490. The number of carbonyl (C=O) groups is 1. The van der Waals surface area contributed by atoms with Crippen molar-refractivity contribution in [1.82, 2.24) is 9.78 Å². The van der Waals surface area contributed by atoms with E-state index in [4.69, 9.17) is 22.5 Å². The van der Waals surface area contributed by atoms with Crippen molar-refractivity contribution in [3.8, 4) is 16.8 Å². The van der Waals surface area contributed by atoms with Gasteiger partial charge in [0.1, 0.15) is 4.90 Å². The zero-order valence-corrected chi connectivity index (χ0v) is 18.1. The van der Waals surface area contributed by atoms with Crippen LogP contribution >= 0.6 is 11.6 Å². The highest BCUT2D eigenvalue weighted by atomic mass is 35.5. The van der Waals surface area contributed by atoms with Crippen molar-refractivity contribution in [1.29, 1.82) is 0 Å². The summed E-state index contributed by atoms with van der Waals surface area (Å²) in [6, 6.07) is 4.59. The fraction of sp³-hybridized carbons (Fsp3) is 0.158. The lowest BCUT2D eigenvalue weighted by Gasteiger charge is -2.21. The van der Waals surface area contributed by atoms with Crippen LogP contribution in [0.25, 0.3) is 16.8 Å². The molecule has 0 saturated heterocycles. The summed E-state index contributed by atoms with van der Waals surface area (Å²) in [7, 11) is -4.94. The molecule has 0 atom stereocenters. The van der Waals surface area contributed by atoms with E-state index >= 15 is 0 Å². The fourth-order valence-corrected chi connectivity index (χ4v) is 4.55. The van der Waals surface area contributed by atoms with Crippen molar-refractivity contribution in [2.24, 2.45) is 10.9 Å².